The molecule has 0 saturated carbocycles. The van der Waals surface area contributed by atoms with Crippen LogP contribution in [0.2, 0.25) is 0 Å². The molecule has 0 radical (unpaired) electrons. The van der Waals surface area contributed by atoms with Crippen LogP contribution in [-0.4, -0.2) is 46.0 Å². The SMILES string of the molecule is CC(C)C[C@H](NC(=O)C(C)(C)c1ccc(F)cc1)C(=O)N[C@H](CCC(=O)O)C(=O)O. The van der Waals surface area contributed by atoms with Crippen molar-refractivity contribution in [1.29, 1.82) is 0 Å². The number of carboxylic acid groups (broad SMARTS) is 2. The fraction of sp³-hybridized carbons (Fsp3) is 0.524. The maximum Gasteiger partial charge on any atom is 0.326 e. The fourth-order valence-electron chi connectivity index (χ4n) is 2.84. The van der Waals surface area contributed by atoms with E-state index in [9.17, 15) is 28.7 Å². The molecule has 166 valence electrons. The van der Waals surface area contributed by atoms with Gasteiger partial charge in [0.15, 0.2) is 0 Å². The number of carbonyl (C=O) groups is 4. The largest absolute Gasteiger partial charge is 0.481 e. The highest BCUT2D eigenvalue weighted by molar-refractivity contribution is 5.94. The van der Waals surface area contributed by atoms with Crippen molar-refractivity contribution in [2.45, 2.75) is 64.5 Å². The number of benzene rings is 1. The highest BCUT2D eigenvalue weighted by Crippen LogP contribution is 2.24. The summed E-state index contributed by atoms with van der Waals surface area (Å²) in [7, 11) is 0. The van der Waals surface area contributed by atoms with Crippen LogP contribution >= 0.6 is 0 Å². The molecule has 0 aliphatic rings. The minimum absolute atomic E-state index is 0.0114. The zero-order valence-electron chi connectivity index (χ0n) is 17.6. The molecular weight excluding hydrogens is 395 g/mol. The van der Waals surface area contributed by atoms with Crippen LogP contribution in [0.25, 0.3) is 0 Å². The normalized spacial score (nSPS) is 13.4. The van der Waals surface area contributed by atoms with Gasteiger partial charge in [-0.25, -0.2) is 9.18 Å². The first-order chi connectivity index (χ1) is 13.8. The molecule has 0 aromatic heterocycles. The Kier molecular flexibility index (Phi) is 8.94. The van der Waals surface area contributed by atoms with Crippen LogP contribution in [0.5, 0.6) is 0 Å². The number of nitrogens with one attached hydrogen (secondary N) is 2. The quantitative estimate of drug-likeness (QED) is 0.430. The number of rotatable bonds is 11. The number of halogens is 1. The lowest BCUT2D eigenvalue weighted by Gasteiger charge is -2.29. The van der Waals surface area contributed by atoms with Gasteiger partial charge in [0, 0.05) is 6.42 Å². The summed E-state index contributed by atoms with van der Waals surface area (Å²) >= 11 is 0. The maximum atomic E-state index is 13.2. The molecule has 1 aromatic carbocycles. The van der Waals surface area contributed by atoms with Gasteiger partial charge >= 0.3 is 11.9 Å². The topological polar surface area (TPSA) is 133 Å². The number of amides is 2. The second-order valence-electron chi connectivity index (χ2n) is 8.12. The van der Waals surface area contributed by atoms with E-state index >= 15 is 0 Å². The second kappa shape index (κ2) is 10.7. The molecule has 30 heavy (non-hydrogen) atoms. The predicted octanol–water partition coefficient (Wildman–Crippen LogP) is 2.07. The summed E-state index contributed by atoms with van der Waals surface area (Å²) in [4.78, 5) is 47.7. The molecule has 0 saturated heterocycles. The summed E-state index contributed by atoms with van der Waals surface area (Å²) in [5.74, 6) is -4.14. The third-order valence-corrected chi connectivity index (χ3v) is 4.72. The van der Waals surface area contributed by atoms with Crippen LogP contribution in [0.4, 0.5) is 4.39 Å². The van der Waals surface area contributed by atoms with Crippen LogP contribution in [0.1, 0.15) is 52.5 Å². The lowest BCUT2D eigenvalue weighted by atomic mass is 9.83. The van der Waals surface area contributed by atoms with Crippen LogP contribution in [-0.2, 0) is 24.6 Å². The van der Waals surface area contributed by atoms with Crippen molar-refractivity contribution in [3.8, 4) is 0 Å². The number of carbonyl (C=O) groups excluding carboxylic acids is 2. The number of hydrogen-bond acceptors (Lipinski definition) is 4. The molecule has 9 heteroatoms. The Balaban J connectivity index is 2.97. The smallest absolute Gasteiger partial charge is 0.326 e. The first kappa shape index (κ1) is 25.1. The van der Waals surface area contributed by atoms with Gasteiger partial charge in [-0.3, -0.25) is 14.4 Å². The maximum absolute atomic E-state index is 13.2. The Hall–Kier alpha value is -2.97. The van der Waals surface area contributed by atoms with E-state index in [1.807, 2.05) is 13.8 Å². The minimum Gasteiger partial charge on any atom is -0.481 e. The first-order valence-corrected chi connectivity index (χ1v) is 9.66. The molecule has 1 rings (SSSR count). The zero-order chi connectivity index (χ0) is 23.1. The van der Waals surface area contributed by atoms with Gasteiger partial charge in [-0.1, -0.05) is 26.0 Å². The summed E-state index contributed by atoms with van der Waals surface area (Å²) in [6.45, 7) is 6.95. The van der Waals surface area contributed by atoms with Crippen LogP contribution in [0.3, 0.4) is 0 Å². The van der Waals surface area contributed by atoms with Gasteiger partial charge < -0.3 is 20.8 Å². The fourth-order valence-corrected chi connectivity index (χ4v) is 2.84. The summed E-state index contributed by atoms with van der Waals surface area (Å²) in [6, 6.07) is 3.05. The molecule has 0 aliphatic heterocycles. The highest BCUT2D eigenvalue weighted by Gasteiger charge is 2.34. The van der Waals surface area contributed by atoms with Crippen LogP contribution < -0.4 is 10.6 Å². The third kappa shape index (κ3) is 7.46. The van der Waals surface area contributed by atoms with Crippen molar-refractivity contribution in [3.63, 3.8) is 0 Å². The van der Waals surface area contributed by atoms with E-state index in [4.69, 9.17) is 5.11 Å². The van der Waals surface area contributed by atoms with Crippen molar-refractivity contribution in [1.82, 2.24) is 10.6 Å². The predicted molar refractivity (Wildman–Crippen MR) is 107 cm³/mol. The van der Waals surface area contributed by atoms with Gasteiger partial charge in [-0.15, -0.1) is 0 Å². The standard InChI is InChI=1S/C21H29FN2O6/c1-12(2)11-16(18(27)23-15(19(28)29)9-10-17(25)26)24-20(30)21(3,4)13-5-7-14(22)8-6-13/h5-8,12,15-16H,9-11H2,1-4H3,(H,23,27)(H,24,30)(H,25,26)(H,28,29)/t15-,16+/m1/s1. The number of carboxylic acids is 2. The number of aliphatic carboxylic acids is 2. The van der Waals surface area contributed by atoms with E-state index in [2.05, 4.69) is 10.6 Å². The molecule has 0 heterocycles. The molecular formula is C21H29FN2O6. The molecule has 2 atom stereocenters. The average Bonchev–Trinajstić information content (AvgIpc) is 2.63. The number of hydrogen-bond donors (Lipinski definition) is 4. The van der Waals surface area contributed by atoms with Crippen LogP contribution in [0, 0.1) is 11.7 Å². The molecule has 0 fully saturated rings. The van der Waals surface area contributed by atoms with Gasteiger partial charge in [0.2, 0.25) is 11.8 Å². The highest BCUT2D eigenvalue weighted by atomic mass is 19.1. The molecule has 0 bridgehead atoms. The third-order valence-electron chi connectivity index (χ3n) is 4.72. The van der Waals surface area contributed by atoms with Gasteiger partial charge in [0.25, 0.3) is 0 Å². The summed E-state index contributed by atoms with van der Waals surface area (Å²) in [5.41, 5.74) is -0.520. The molecule has 0 aliphatic carbocycles. The molecule has 0 unspecified atom stereocenters. The van der Waals surface area contributed by atoms with Crippen molar-refractivity contribution < 1.29 is 33.8 Å². The van der Waals surface area contributed by atoms with Gasteiger partial charge in [-0.05, 0) is 50.3 Å². The van der Waals surface area contributed by atoms with Crippen LogP contribution in [0.15, 0.2) is 24.3 Å². The Morgan fingerprint density at radius 2 is 1.57 bits per heavy atom. The lowest BCUT2D eigenvalue weighted by molar-refractivity contribution is -0.143. The molecule has 0 spiro atoms. The lowest BCUT2D eigenvalue weighted by Crippen LogP contribution is -2.54. The van der Waals surface area contributed by atoms with Crippen molar-refractivity contribution in [2.24, 2.45) is 5.92 Å². The summed E-state index contributed by atoms with van der Waals surface area (Å²) < 4.78 is 13.2. The molecule has 1 aromatic rings. The van der Waals surface area contributed by atoms with Gasteiger partial charge in [-0.2, -0.15) is 0 Å². The monoisotopic (exact) mass is 424 g/mol. The van der Waals surface area contributed by atoms with Crippen molar-refractivity contribution in [3.05, 3.63) is 35.6 Å². The summed E-state index contributed by atoms with van der Waals surface area (Å²) in [5, 5.41) is 23.0. The van der Waals surface area contributed by atoms with Crippen molar-refractivity contribution in [2.75, 3.05) is 0 Å². The molecule has 8 nitrogen and oxygen atoms in total. The van der Waals surface area contributed by atoms with E-state index in [1.165, 1.54) is 24.3 Å². The van der Waals surface area contributed by atoms with E-state index in [0.29, 0.717) is 5.56 Å². The minimum atomic E-state index is -1.38. The Morgan fingerprint density at radius 3 is 2.03 bits per heavy atom. The molecule has 4 N–H and O–H groups in total. The van der Waals surface area contributed by atoms with E-state index in [1.54, 1.807) is 13.8 Å². The van der Waals surface area contributed by atoms with Crippen molar-refractivity contribution >= 4 is 23.8 Å². The van der Waals surface area contributed by atoms with Gasteiger partial charge in [0.1, 0.15) is 17.9 Å². The van der Waals surface area contributed by atoms with Gasteiger partial charge in [0.05, 0.1) is 5.41 Å². The molecule has 2 amide bonds. The Morgan fingerprint density at radius 1 is 1.00 bits per heavy atom. The average molecular weight is 424 g/mol. The first-order valence-electron chi connectivity index (χ1n) is 9.66. The zero-order valence-corrected chi connectivity index (χ0v) is 17.6. The summed E-state index contributed by atoms with van der Waals surface area (Å²) in [6.07, 6.45) is -0.446. The Bertz CT molecular complexity index is 776. The Labute approximate surface area is 174 Å². The second-order valence-corrected chi connectivity index (χ2v) is 8.12. The van der Waals surface area contributed by atoms with E-state index < -0.39 is 53.5 Å². The van der Waals surface area contributed by atoms with E-state index in [-0.39, 0.29) is 18.8 Å². The van der Waals surface area contributed by atoms with E-state index in [0.717, 1.165) is 0 Å².